The highest BCUT2D eigenvalue weighted by Gasteiger charge is 2.61. The molecule has 4 saturated carbocycles. The van der Waals surface area contributed by atoms with Crippen LogP contribution in [0.15, 0.2) is 29.2 Å². The van der Waals surface area contributed by atoms with Crippen LogP contribution in [0.25, 0.3) is 0 Å². The maximum Gasteiger partial charge on any atom is 0.312 e. The first-order valence-corrected chi connectivity index (χ1v) is 11.7. The normalized spacial score (nSPS) is 33.9. The van der Waals surface area contributed by atoms with Crippen LogP contribution in [-0.2, 0) is 24.3 Å². The van der Waals surface area contributed by atoms with E-state index in [2.05, 4.69) is 5.32 Å². The van der Waals surface area contributed by atoms with Gasteiger partial charge in [0.05, 0.1) is 10.3 Å². The number of ether oxygens (including phenoxy) is 1. The number of anilines is 1. The van der Waals surface area contributed by atoms with Gasteiger partial charge in [0.25, 0.3) is 5.91 Å². The number of primary sulfonamides is 1. The standard InChI is InChI=1S/C20H25ClN2O5S/c1-12(17(24)23-15-2-4-16(5-3-15)29(22,26)27)28-18(25)19-7-13-6-14(8-19)10-20(21,9-13)11-19/h2-5,12-14H,6-11H2,1H3,(H,23,24)(H2,22,26,27)/t12-,13-,14-,19?,20?/m1/s1. The van der Waals surface area contributed by atoms with Crippen LogP contribution in [0.5, 0.6) is 0 Å². The van der Waals surface area contributed by atoms with Gasteiger partial charge >= 0.3 is 5.97 Å². The molecule has 4 aliphatic rings. The molecule has 0 heterocycles. The number of benzene rings is 1. The fraction of sp³-hybridized carbons (Fsp3) is 0.600. The average Bonchev–Trinajstić information content (AvgIpc) is 2.59. The lowest BCUT2D eigenvalue weighted by atomic mass is 9.49. The summed E-state index contributed by atoms with van der Waals surface area (Å²) < 4.78 is 28.2. The van der Waals surface area contributed by atoms with Gasteiger partial charge in [-0.1, -0.05) is 0 Å². The lowest BCUT2D eigenvalue weighted by Gasteiger charge is -2.58. The van der Waals surface area contributed by atoms with Crippen LogP contribution in [0.1, 0.15) is 45.4 Å². The zero-order chi connectivity index (χ0) is 21.0. The highest BCUT2D eigenvalue weighted by Crippen LogP contribution is 2.64. The number of nitrogens with one attached hydrogen (secondary N) is 1. The van der Waals surface area contributed by atoms with Crippen LogP contribution in [0, 0.1) is 17.3 Å². The number of hydrogen-bond acceptors (Lipinski definition) is 5. The van der Waals surface area contributed by atoms with E-state index in [9.17, 15) is 18.0 Å². The Morgan fingerprint density at radius 2 is 1.76 bits per heavy atom. The summed E-state index contributed by atoms with van der Waals surface area (Å²) in [6.45, 7) is 1.53. The highest BCUT2D eigenvalue weighted by atomic mass is 35.5. The van der Waals surface area contributed by atoms with E-state index in [1.54, 1.807) is 0 Å². The van der Waals surface area contributed by atoms with Crippen molar-refractivity contribution in [2.75, 3.05) is 5.32 Å². The van der Waals surface area contributed by atoms with Crippen LogP contribution in [0.3, 0.4) is 0 Å². The third kappa shape index (κ3) is 4.02. The molecule has 3 atom stereocenters. The number of hydrogen-bond donors (Lipinski definition) is 2. The molecule has 1 amide bonds. The third-order valence-electron chi connectivity index (χ3n) is 6.53. The van der Waals surface area contributed by atoms with E-state index in [1.807, 2.05) is 0 Å². The molecule has 158 valence electrons. The van der Waals surface area contributed by atoms with E-state index >= 15 is 0 Å². The first-order chi connectivity index (χ1) is 13.5. The van der Waals surface area contributed by atoms with E-state index in [4.69, 9.17) is 21.5 Å². The van der Waals surface area contributed by atoms with Gasteiger partial charge in [0.2, 0.25) is 10.0 Å². The maximum absolute atomic E-state index is 13.0. The van der Waals surface area contributed by atoms with Crippen LogP contribution in [0.4, 0.5) is 5.69 Å². The zero-order valence-corrected chi connectivity index (χ0v) is 17.8. The summed E-state index contributed by atoms with van der Waals surface area (Å²) in [5.41, 5.74) is -0.183. The Hall–Kier alpha value is -1.64. The SMILES string of the molecule is C[C@@H](OC(=O)C12C[C@H]3C[C@@H](CC(Cl)(C3)C1)C2)C(=O)Nc1ccc(S(N)(=O)=O)cc1. The molecule has 1 aromatic rings. The van der Waals surface area contributed by atoms with Crippen molar-refractivity contribution in [2.24, 2.45) is 22.4 Å². The topological polar surface area (TPSA) is 116 Å². The van der Waals surface area contributed by atoms with Crippen molar-refractivity contribution in [2.45, 2.75) is 61.3 Å². The van der Waals surface area contributed by atoms with Gasteiger partial charge in [-0.3, -0.25) is 9.59 Å². The van der Waals surface area contributed by atoms with E-state index in [0.29, 0.717) is 23.9 Å². The maximum atomic E-state index is 13.0. The fourth-order valence-electron chi connectivity index (χ4n) is 5.70. The predicted octanol–water partition coefficient (Wildman–Crippen LogP) is 2.78. The molecule has 5 rings (SSSR count). The zero-order valence-electron chi connectivity index (χ0n) is 16.2. The summed E-state index contributed by atoms with van der Waals surface area (Å²) in [4.78, 5) is 25.1. The lowest BCUT2D eigenvalue weighted by molar-refractivity contribution is -0.176. The Balaban J connectivity index is 1.39. The molecule has 4 fully saturated rings. The van der Waals surface area contributed by atoms with E-state index in [0.717, 1.165) is 32.1 Å². The first kappa shape index (κ1) is 20.6. The Morgan fingerprint density at radius 1 is 1.17 bits per heavy atom. The van der Waals surface area contributed by atoms with E-state index < -0.39 is 27.4 Å². The van der Waals surface area contributed by atoms with Gasteiger partial charge < -0.3 is 10.1 Å². The van der Waals surface area contributed by atoms with Crippen molar-refractivity contribution < 1.29 is 22.7 Å². The molecule has 3 N–H and O–H groups in total. The molecule has 9 heteroatoms. The molecule has 0 aromatic heterocycles. The molecular weight excluding hydrogens is 416 g/mol. The molecular formula is C20H25ClN2O5S. The Kier molecular flexibility index (Phi) is 4.95. The lowest BCUT2D eigenvalue weighted by Crippen LogP contribution is -2.57. The van der Waals surface area contributed by atoms with Crippen molar-refractivity contribution in [3.8, 4) is 0 Å². The molecule has 0 spiro atoms. The number of halogens is 1. The third-order valence-corrected chi connectivity index (χ3v) is 7.90. The number of nitrogens with two attached hydrogens (primary N) is 1. The van der Waals surface area contributed by atoms with Crippen LogP contribution < -0.4 is 10.5 Å². The number of alkyl halides is 1. The Bertz CT molecular complexity index is 932. The molecule has 0 saturated heterocycles. The van der Waals surface area contributed by atoms with Gasteiger partial charge in [0.1, 0.15) is 0 Å². The summed E-state index contributed by atoms with van der Waals surface area (Å²) in [5, 5.41) is 7.69. The van der Waals surface area contributed by atoms with Crippen molar-refractivity contribution in [1.82, 2.24) is 0 Å². The monoisotopic (exact) mass is 440 g/mol. The van der Waals surface area contributed by atoms with Crippen molar-refractivity contribution >= 4 is 39.2 Å². The summed E-state index contributed by atoms with van der Waals surface area (Å²) in [6.07, 6.45) is 4.29. The van der Waals surface area contributed by atoms with E-state index in [1.165, 1.54) is 31.2 Å². The smallest absolute Gasteiger partial charge is 0.312 e. The number of rotatable bonds is 5. The molecule has 4 bridgehead atoms. The molecule has 29 heavy (non-hydrogen) atoms. The van der Waals surface area contributed by atoms with Gasteiger partial charge in [0.15, 0.2) is 6.10 Å². The molecule has 7 nitrogen and oxygen atoms in total. The average molecular weight is 441 g/mol. The minimum atomic E-state index is -3.80. The Labute approximate surface area is 175 Å². The summed E-state index contributed by atoms with van der Waals surface area (Å²) in [7, 11) is -3.80. The van der Waals surface area contributed by atoms with Crippen molar-refractivity contribution in [3.05, 3.63) is 24.3 Å². The van der Waals surface area contributed by atoms with Gasteiger partial charge in [-0.25, -0.2) is 13.6 Å². The molecule has 1 aromatic carbocycles. The summed E-state index contributed by atoms with van der Waals surface area (Å²) in [6, 6.07) is 5.47. The second-order valence-corrected chi connectivity index (χ2v) is 11.4. The fourth-order valence-corrected chi connectivity index (χ4v) is 6.91. The number of amides is 1. The highest BCUT2D eigenvalue weighted by molar-refractivity contribution is 7.89. The summed E-state index contributed by atoms with van der Waals surface area (Å²) >= 11 is 6.78. The van der Waals surface area contributed by atoms with Crippen molar-refractivity contribution in [3.63, 3.8) is 0 Å². The van der Waals surface area contributed by atoms with Gasteiger partial charge in [-0.2, -0.15) is 0 Å². The van der Waals surface area contributed by atoms with Crippen LogP contribution in [0.2, 0.25) is 0 Å². The van der Waals surface area contributed by atoms with Gasteiger partial charge in [-0.15, -0.1) is 11.6 Å². The van der Waals surface area contributed by atoms with Crippen LogP contribution >= 0.6 is 11.6 Å². The second-order valence-electron chi connectivity index (χ2n) is 9.00. The summed E-state index contributed by atoms with van der Waals surface area (Å²) in [5.74, 6) is 0.112. The second kappa shape index (κ2) is 6.96. The minimum Gasteiger partial charge on any atom is -0.452 e. The van der Waals surface area contributed by atoms with E-state index in [-0.39, 0.29) is 15.7 Å². The first-order valence-electron chi connectivity index (χ1n) is 9.82. The van der Waals surface area contributed by atoms with Crippen molar-refractivity contribution in [1.29, 1.82) is 0 Å². The predicted molar refractivity (Wildman–Crippen MR) is 108 cm³/mol. The number of sulfonamides is 1. The largest absolute Gasteiger partial charge is 0.452 e. The molecule has 0 unspecified atom stereocenters. The molecule has 0 aliphatic heterocycles. The van der Waals surface area contributed by atoms with Crippen LogP contribution in [-0.4, -0.2) is 31.3 Å². The quantitative estimate of drug-likeness (QED) is 0.539. The Morgan fingerprint density at radius 3 is 2.28 bits per heavy atom. The van der Waals surface area contributed by atoms with Gasteiger partial charge in [-0.05, 0) is 81.5 Å². The molecule has 4 aliphatic carbocycles. The molecule has 0 radical (unpaired) electrons. The number of esters is 1. The number of carbonyl (C=O) groups is 2. The number of carbonyl (C=O) groups excluding carboxylic acids is 2. The minimum absolute atomic E-state index is 0.0493. The van der Waals surface area contributed by atoms with Gasteiger partial charge in [0, 0.05) is 10.6 Å².